The van der Waals surface area contributed by atoms with Gasteiger partial charge in [0, 0.05) is 33.9 Å². The number of hydrogen-bond donors (Lipinski definition) is 1. The fourth-order valence-corrected chi connectivity index (χ4v) is 3.35. The molecule has 1 unspecified atom stereocenters. The van der Waals surface area contributed by atoms with Crippen LogP contribution in [0.5, 0.6) is 0 Å². The van der Waals surface area contributed by atoms with Gasteiger partial charge in [-0.05, 0) is 43.7 Å². The average molecular weight is 387 g/mol. The molecule has 1 aromatic carbocycles. The van der Waals surface area contributed by atoms with E-state index in [4.69, 9.17) is 0 Å². The Kier molecular flexibility index (Phi) is 5.60. The number of hydrogen-bond acceptors (Lipinski definition) is 2. The van der Waals surface area contributed by atoms with Gasteiger partial charge in [0.1, 0.15) is 0 Å². The van der Waals surface area contributed by atoms with Gasteiger partial charge in [-0.3, -0.25) is 4.68 Å². The second-order valence-corrected chi connectivity index (χ2v) is 6.23. The standard InChI is InChI=1S/C14H17Br2N3/c1-11(13-5-4-12(15)10-14(13)16)17-6-2-8-19-9-3-7-18-19/h3-5,7,9-11,17H,2,6,8H2,1H3. The van der Waals surface area contributed by atoms with Crippen LogP contribution in [0.2, 0.25) is 0 Å². The van der Waals surface area contributed by atoms with Crippen LogP contribution in [0.25, 0.3) is 0 Å². The lowest BCUT2D eigenvalue weighted by atomic mass is 10.1. The molecule has 0 amide bonds. The minimum absolute atomic E-state index is 0.333. The lowest BCUT2D eigenvalue weighted by Crippen LogP contribution is -2.21. The molecule has 2 aromatic rings. The molecule has 5 heteroatoms. The molecule has 0 aliphatic rings. The van der Waals surface area contributed by atoms with Crippen LogP contribution in [0.1, 0.15) is 24.9 Å². The Morgan fingerprint density at radius 2 is 2.21 bits per heavy atom. The van der Waals surface area contributed by atoms with E-state index in [1.807, 2.05) is 23.1 Å². The zero-order valence-electron chi connectivity index (χ0n) is 10.8. The first-order valence-electron chi connectivity index (χ1n) is 6.32. The van der Waals surface area contributed by atoms with Crippen LogP contribution in [-0.2, 0) is 6.54 Å². The highest BCUT2D eigenvalue weighted by molar-refractivity contribution is 9.11. The van der Waals surface area contributed by atoms with Crippen LogP contribution in [-0.4, -0.2) is 16.3 Å². The highest BCUT2D eigenvalue weighted by atomic mass is 79.9. The monoisotopic (exact) mass is 385 g/mol. The molecule has 0 radical (unpaired) electrons. The minimum atomic E-state index is 0.333. The van der Waals surface area contributed by atoms with Crippen molar-refractivity contribution in [1.82, 2.24) is 15.1 Å². The van der Waals surface area contributed by atoms with Gasteiger partial charge in [-0.2, -0.15) is 5.10 Å². The minimum Gasteiger partial charge on any atom is -0.310 e. The molecule has 1 aromatic heterocycles. The van der Waals surface area contributed by atoms with Crippen LogP contribution >= 0.6 is 31.9 Å². The SMILES string of the molecule is CC(NCCCn1cccn1)c1ccc(Br)cc1Br. The van der Waals surface area contributed by atoms with E-state index in [0.717, 1.165) is 28.5 Å². The summed E-state index contributed by atoms with van der Waals surface area (Å²) in [6.07, 6.45) is 4.88. The predicted molar refractivity (Wildman–Crippen MR) is 85.1 cm³/mol. The normalized spacial score (nSPS) is 12.6. The van der Waals surface area contributed by atoms with Gasteiger partial charge in [-0.1, -0.05) is 37.9 Å². The molecule has 0 saturated carbocycles. The van der Waals surface area contributed by atoms with E-state index in [1.54, 1.807) is 0 Å². The highest BCUT2D eigenvalue weighted by Gasteiger charge is 2.08. The third kappa shape index (κ3) is 4.44. The van der Waals surface area contributed by atoms with Crippen molar-refractivity contribution in [2.75, 3.05) is 6.54 Å². The van der Waals surface area contributed by atoms with Crippen LogP contribution < -0.4 is 5.32 Å². The zero-order chi connectivity index (χ0) is 13.7. The molecule has 0 spiro atoms. The van der Waals surface area contributed by atoms with E-state index in [-0.39, 0.29) is 0 Å². The Morgan fingerprint density at radius 3 is 2.89 bits per heavy atom. The van der Waals surface area contributed by atoms with Gasteiger partial charge in [0.05, 0.1) is 0 Å². The molecule has 19 heavy (non-hydrogen) atoms. The van der Waals surface area contributed by atoms with E-state index in [9.17, 15) is 0 Å². The van der Waals surface area contributed by atoms with Crippen molar-refractivity contribution >= 4 is 31.9 Å². The third-order valence-corrected chi connectivity index (χ3v) is 4.18. The number of rotatable bonds is 6. The van der Waals surface area contributed by atoms with Crippen molar-refractivity contribution < 1.29 is 0 Å². The Hall–Kier alpha value is -0.650. The summed E-state index contributed by atoms with van der Waals surface area (Å²) in [5.74, 6) is 0. The van der Waals surface area contributed by atoms with Gasteiger partial charge < -0.3 is 5.32 Å². The van der Waals surface area contributed by atoms with E-state index in [1.165, 1.54) is 5.56 Å². The smallest absolute Gasteiger partial charge is 0.0489 e. The number of nitrogens with zero attached hydrogens (tertiary/aromatic N) is 2. The number of aryl methyl sites for hydroxylation is 1. The molecule has 0 fully saturated rings. The van der Waals surface area contributed by atoms with Crippen molar-refractivity contribution in [2.45, 2.75) is 25.9 Å². The molecule has 0 saturated heterocycles. The van der Waals surface area contributed by atoms with E-state index in [2.05, 4.69) is 67.4 Å². The van der Waals surface area contributed by atoms with Crippen LogP contribution in [0.3, 0.4) is 0 Å². The Labute approximate surface area is 130 Å². The van der Waals surface area contributed by atoms with Crippen molar-refractivity contribution in [1.29, 1.82) is 0 Å². The van der Waals surface area contributed by atoms with Gasteiger partial charge in [0.15, 0.2) is 0 Å². The summed E-state index contributed by atoms with van der Waals surface area (Å²) in [5.41, 5.74) is 1.28. The van der Waals surface area contributed by atoms with Crippen LogP contribution in [0.4, 0.5) is 0 Å². The molecular weight excluding hydrogens is 370 g/mol. The van der Waals surface area contributed by atoms with E-state index in [0.29, 0.717) is 6.04 Å². The lowest BCUT2D eigenvalue weighted by molar-refractivity contribution is 0.506. The Bertz CT molecular complexity index is 511. The Balaban J connectivity index is 1.79. The molecule has 0 bridgehead atoms. The number of aromatic nitrogens is 2. The third-order valence-electron chi connectivity index (χ3n) is 3.00. The molecule has 0 aliphatic carbocycles. The molecular formula is C14H17Br2N3. The molecule has 1 atom stereocenters. The van der Waals surface area contributed by atoms with Crippen LogP contribution in [0, 0.1) is 0 Å². The summed E-state index contributed by atoms with van der Waals surface area (Å²) in [6, 6.07) is 8.58. The summed E-state index contributed by atoms with van der Waals surface area (Å²) >= 11 is 7.08. The average Bonchev–Trinajstić information content (AvgIpc) is 2.87. The maximum atomic E-state index is 4.19. The lowest BCUT2D eigenvalue weighted by Gasteiger charge is -2.16. The number of nitrogens with one attached hydrogen (secondary N) is 1. The summed E-state index contributed by atoms with van der Waals surface area (Å²) in [4.78, 5) is 0. The fraction of sp³-hybridized carbons (Fsp3) is 0.357. The van der Waals surface area contributed by atoms with Crippen molar-refractivity contribution in [2.24, 2.45) is 0 Å². The molecule has 3 nitrogen and oxygen atoms in total. The highest BCUT2D eigenvalue weighted by Crippen LogP contribution is 2.26. The maximum absolute atomic E-state index is 4.19. The van der Waals surface area contributed by atoms with Gasteiger partial charge in [-0.15, -0.1) is 0 Å². The fourth-order valence-electron chi connectivity index (χ4n) is 1.95. The van der Waals surface area contributed by atoms with E-state index < -0.39 is 0 Å². The molecule has 2 rings (SSSR count). The van der Waals surface area contributed by atoms with Gasteiger partial charge >= 0.3 is 0 Å². The van der Waals surface area contributed by atoms with Crippen molar-refractivity contribution in [3.05, 3.63) is 51.2 Å². The first-order chi connectivity index (χ1) is 9.16. The molecule has 0 aliphatic heterocycles. The zero-order valence-corrected chi connectivity index (χ0v) is 14.0. The summed E-state index contributed by atoms with van der Waals surface area (Å²) < 4.78 is 4.19. The quantitative estimate of drug-likeness (QED) is 0.755. The second kappa shape index (κ2) is 7.22. The van der Waals surface area contributed by atoms with Gasteiger partial charge in [0.2, 0.25) is 0 Å². The number of halogens is 2. The maximum Gasteiger partial charge on any atom is 0.0489 e. The van der Waals surface area contributed by atoms with Crippen molar-refractivity contribution in [3.8, 4) is 0 Å². The molecule has 102 valence electrons. The van der Waals surface area contributed by atoms with Crippen molar-refractivity contribution in [3.63, 3.8) is 0 Å². The van der Waals surface area contributed by atoms with E-state index >= 15 is 0 Å². The molecule has 1 heterocycles. The second-order valence-electron chi connectivity index (χ2n) is 4.46. The van der Waals surface area contributed by atoms with Gasteiger partial charge in [-0.25, -0.2) is 0 Å². The van der Waals surface area contributed by atoms with Gasteiger partial charge in [0.25, 0.3) is 0 Å². The Morgan fingerprint density at radius 1 is 1.37 bits per heavy atom. The molecule has 1 N–H and O–H groups in total. The topological polar surface area (TPSA) is 29.9 Å². The first kappa shape index (κ1) is 14.8. The van der Waals surface area contributed by atoms with Crippen LogP contribution in [0.15, 0.2) is 45.6 Å². The summed E-state index contributed by atoms with van der Waals surface area (Å²) in [6.45, 7) is 4.11. The summed E-state index contributed by atoms with van der Waals surface area (Å²) in [5, 5.41) is 7.73. The summed E-state index contributed by atoms with van der Waals surface area (Å²) in [7, 11) is 0. The largest absolute Gasteiger partial charge is 0.310 e. The number of benzene rings is 1. The first-order valence-corrected chi connectivity index (χ1v) is 7.91. The predicted octanol–water partition coefficient (Wildman–Crippen LogP) is 4.15.